The van der Waals surface area contributed by atoms with Gasteiger partial charge in [-0.2, -0.15) is 5.10 Å². The molecule has 112 valence electrons. The number of hydrazone groups is 1. The van der Waals surface area contributed by atoms with Crippen LogP contribution < -0.4 is 4.74 Å². The molecule has 1 aliphatic rings. The van der Waals surface area contributed by atoms with Crippen molar-refractivity contribution in [1.29, 1.82) is 0 Å². The zero-order valence-electron chi connectivity index (χ0n) is 12.0. The highest BCUT2D eigenvalue weighted by Gasteiger charge is 2.11. The van der Waals surface area contributed by atoms with Crippen LogP contribution in [-0.4, -0.2) is 61.1 Å². The number of para-hydroxylation sites is 1. The van der Waals surface area contributed by atoms with Crippen molar-refractivity contribution in [3.05, 3.63) is 23.8 Å². The molecule has 0 atom stereocenters. The molecule has 1 heterocycles. The fraction of sp³-hybridized carbons (Fsp3) is 0.500. The maximum absolute atomic E-state index is 10.0. The van der Waals surface area contributed by atoms with E-state index in [2.05, 4.69) is 17.0 Å². The molecular formula is C14H22ClN3O2. The van der Waals surface area contributed by atoms with E-state index < -0.39 is 0 Å². The first-order valence-corrected chi connectivity index (χ1v) is 6.63. The second kappa shape index (κ2) is 7.97. The van der Waals surface area contributed by atoms with Gasteiger partial charge in [-0.25, -0.2) is 0 Å². The second-order valence-corrected chi connectivity index (χ2v) is 4.63. The van der Waals surface area contributed by atoms with E-state index in [1.165, 1.54) is 0 Å². The first-order valence-electron chi connectivity index (χ1n) is 6.63. The molecule has 0 spiro atoms. The maximum Gasteiger partial charge on any atom is 0.166 e. The molecule has 0 saturated carbocycles. The number of nitrogens with zero attached hydrogens (tertiary/aromatic N) is 3. The lowest BCUT2D eigenvalue weighted by atomic mass is 10.2. The summed E-state index contributed by atoms with van der Waals surface area (Å²) in [6.45, 7) is 6.29. The second-order valence-electron chi connectivity index (χ2n) is 4.63. The molecule has 0 aromatic heterocycles. The number of rotatable bonds is 4. The lowest BCUT2D eigenvalue weighted by molar-refractivity contribution is 0.159. The van der Waals surface area contributed by atoms with Crippen LogP contribution >= 0.6 is 12.4 Å². The summed E-state index contributed by atoms with van der Waals surface area (Å²) in [6, 6.07) is 5.44. The molecule has 1 aromatic rings. The van der Waals surface area contributed by atoms with Crippen LogP contribution in [0.4, 0.5) is 0 Å². The van der Waals surface area contributed by atoms with Gasteiger partial charge in [-0.05, 0) is 26.1 Å². The number of likely N-dealkylation sites (N-methyl/N-ethyl adjacent to an activating group) is 1. The summed E-state index contributed by atoms with van der Waals surface area (Å²) in [5.41, 5.74) is 0.685. The van der Waals surface area contributed by atoms with Crippen LogP contribution in [0.1, 0.15) is 12.5 Å². The van der Waals surface area contributed by atoms with Gasteiger partial charge in [-0.15, -0.1) is 12.4 Å². The fourth-order valence-corrected chi connectivity index (χ4v) is 1.97. The Morgan fingerprint density at radius 2 is 2.00 bits per heavy atom. The molecule has 1 N–H and O–H groups in total. The number of ether oxygens (including phenoxy) is 1. The highest BCUT2D eigenvalue weighted by atomic mass is 35.5. The Morgan fingerprint density at radius 3 is 2.65 bits per heavy atom. The van der Waals surface area contributed by atoms with E-state index in [-0.39, 0.29) is 18.2 Å². The SMILES string of the molecule is CCOc1cccc(C=NN2CCN(C)CC2)c1O.Cl. The minimum Gasteiger partial charge on any atom is -0.504 e. The van der Waals surface area contributed by atoms with Crippen molar-refractivity contribution in [3.63, 3.8) is 0 Å². The van der Waals surface area contributed by atoms with E-state index >= 15 is 0 Å². The Labute approximate surface area is 126 Å². The molecule has 6 heteroatoms. The molecule has 0 radical (unpaired) electrons. The topological polar surface area (TPSA) is 48.3 Å². The minimum absolute atomic E-state index is 0. The Bertz CT molecular complexity index is 446. The minimum atomic E-state index is 0. The van der Waals surface area contributed by atoms with E-state index in [0.717, 1.165) is 26.2 Å². The lowest BCUT2D eigenvalue weighted by Gasteiger charge is -2.30. The van der Waals surface area contributed by atoms with Crippen LogP contribution in [0.15, 0.2) is 23.3 Å². The van der Waals surface area contributed by atoms with Crippen molar-refractivity contribution < 1.29 is 9.84 Å². The summed E-state index contributed by atoms with van der Waals surface area (Å²) in [7, 11) is 2.11. The number of halogens is 1. The summed E-state index contributed by atoms with van der Waals surface area (Å²) >= 11 is 0. The monoisotopic (exact) mass is 299 g/mol. The van der Waals surface area contributed by atoms with Gasteiger partial charge in [0.1, 0.15) is 0 Å². The third-order valence-electron chi connectivity index (χ3n) is 3.17. The van der Waals surface area contributed by atoms with E-state index in [4.69, 9.17) is 4.74 Å². The Morgan fingerprint density at radius 1 is 1.30 bits per heavy atom. The molecular weight excluding hydrogens is 278 g/mol. The molecule has 2 rings (SSSR count). The van der Waals surface area contributed by atoms with E-state index in [1.807, 2.05) is 24.1 Å². The molecule has 5 nitrogen and oxygen atoms in total. The van der Waals surface area contributed by atoms with Gasteiger partial charge < -0.3 is 14.7 Å². The predicted molar refractivity (Wildman–Crippen MR) is 83.2 cm³/mol. The van der Waals surface area contributed by atoms with Gasteiger partial charge in [0.15, 0.2) is 11.5 Å². The van der Waals surface area contributed by atoms with Crippen LogP contribution in [0.25, 0.3) is 0 Å². The number of benzene rings is 1. The van der Waals surface area contributed by atoms with Crippen LogP contribution in [0.2, 0.25) is 0 Å². The third kappa shape index (κ3) is 4.28. The van der Waals surface area contributed by atoms with Crippen LogP contribution in [0, 0.1) is 0 Å². The number of phenolic OH excluding ortho intramolecular Hbond substituents is 1. The molecule has 1 aromatic carbocycles. The summed E-state index contributed by atoms with van der Waals surface area (Å²) < 4.78 is 5.35. The summed E-state index contributed by atoms with van der Waals surface area (Å²) in [4.78, 5) is 2.28. The summed E-state index contributed by atoms with van der Waals surface area (Å²) in [5.74, 6) is 0.659. The first-order chi connectivity index (χ1) is 9.20. The highest BCUT2D eigenvalue weighted by Crippen LogP contribution is 2.28. The van der Waals surface area contributed by atoms with Gasteiger partial charge in [-0.3, -0.25) is 5.01 Å². The molecule has 0 bridgehead atoms. The molecule has 0 unspecified atom stereocenters. The quantitative estimate of drug-likeness (QED) is 0.861. The zero-order chi connectivity index (χ0) is 13.7. The smallest absolute Gasteiger partial charge is 0.166 e. The van der Waals surface area contributed by atoms with Gasteiger partial charge in [0.05, 0.1) is 12.8 Å². The van der Waals surface area contributed by atoms with Gasteiger partial charge in [-0.1, -0.05) is 6.07 Å². The van der Waals surface area contributed by atoms with E-state index in [1.54, 1.807) is 12.3 Å². The highest BCUT2D eigenvalue weighted by molar-refractivity contribution is 5.85. The lowest BCUT2D eigenvalue weighted by Crippen LogP contribution is -2.41. The van der Waals surface area contributed by atoms with Crippen LogP contribution in [0.5, 0.6) is 11.5 Å². The molecule has 1 saturated heterocycles. The normalized spacial score (nSPS) is 16.2. The molecule has 0 aliphatic carbocycles. The largest absolute Gasteiger partial charge is 0.504 e. The Kier molecular flexibility index (Phi) is 6.61. The van der Waals surface area contributed by atoms with E-state index in [9.17, 15) is 5.11 Å². The number of aromatic hydroxyl groups is 1. The maximum atomic E-state index is 10.0. The molecule has 1 fully saturated rings. The average molecular weight is 300 g/mol. The first kappa shape index (κ1) is 16.6. The van der Waals surface area contributed by atoms with Gasteiger partial charge >= 0.3 is 0 Å². The van der Waals surface area contributed by atoms with Gasteiger partial charge in [0.25, 0.3) is 0 Å². The number of piperazine rings is 1. The van der Waals surface area contributed by atoms with Gasteiger partial charge in [0.2, 0.25) is 0 Å². The van der Waals surface area contributed by atoms with Crippen molar-refractivity contribution in [2.24, 2.45) is 5.10 Å². The Hall–Kier alpha value is -1.46. The molecule has 20 heavy (non-hydrogen) atoms. The molecule has 0 amide bonds. The van der Waals surface area contributed by atoms with Crippen molar-refractivity contribution in [3.8, 4) is 11.5 Å². The zero-order valence-corrected chi connectivity index (χ0v) is 12.8. The van der Waals surface area contributed by atoms with Crippen molar-refractivity contribution >= 4 is 18.6 Å². The van der Waals surface area contributed by atoms with Crippen molar-refractivity contribution in [2.45, 2.75) is 6.92 Å². The Balaban J connectivity index is 0.00000200. The third-order valence-corrected chi connectivity index (χ3v) is 3.17. The average Bonchev–Trinajstić information content (AvgIpc) is 2.42. The predicted octanol–water partition coefficient (Wildman–Crippen LogP) is 1.79. The standard InChI is InChI=1S/C14H21N3O2.ClH/c1-3-19-13-6-4-5-12(14(13)18)11-15-17-9-7-16(2)8-10-17;/h4-6,11,18H,3,7-10H2,1-2H3;1H. The molecule has 1 aliphatic heterocycles. The summed E-state index contributed by atoms with van der Waals surface area (Å²) in [5, 5.41) is 16.5. The fourth-order valence-electron chi connectivity index (χ4n) is 1.97. The van der Waals surface area contributed by atoms with E-state index in [0.29, 0.717) is 17.9 Å². The van der Waals surface area contributed by atoms with Crippen molar-refractivity contribution in [1.82, 2.24) is 9.91 Å². The van der Waals surface area contributed by atoms with Crippen molar-refractivity contribution in [2.75, 3.05) is 39.8 Å². The number of phenols is 1. The number of hydrogen-bond donors (Lipinski definition) is 1. The van der Waals surface area contributed by atoms with Crippen LogP contribution in [0.3, 0.4) is 0 Å². The summed E-state index contributed by atoms with van der Waals surface area (Å²) in [6.07, 6.45) is 1.70. The van der Waals surface area contributed by atoms with Gasteiger partial charge in [0, 0.05) is 31.7 Å². The van der Waals surface area contributed by atoms with Crippen LogP contribution in [-0.2, 0) is 0 Å². The number of hydrogen-bond acceptors (Lipinski definition) is 5.